The van der Waals surface area contributed by atoms with E-state index in [2.05, 4.69) is 5.32 Å². The van der Waals surface area contributed by atoms with Crippen LogP contribution < -0.4 is 11.1 Å². The maximum absolute atomic E-state index is 12.5. The summed E-state index contributed by atoms with van der Waals surface area (Å²) < 4.78 is 25.9. The predicted molar refractivity (Wildman–Crippen MR) is 93.4 cm³/mol. The average molecular weight is 372 g/mol. The minimum atomic E-state index is -4.04. The first-order chi connectivity index (χ1) is 11.4. The Morgan fingerprint density at radius 3 is 2.52 bits per heavy atom. The van der Waals surface area contributed by atoms with Gasteiger partial charge in [0.25, 0.3) is 5.69 Å². The number of rotatable bonds is 8. The van der Waals surface area contributed by atoms with E-state index in [4.69, 9.17) is 5.73 Å². The molecule has 25 heavy (non-hydrogen) atoms. The molecular formula is C15H24N4O5S. The first-order valence-electron chi connectivity index (χ1n) is 7.66. The van der Waals surface area contributed by atoms with Crippen LogP contribution in [0.5, 0.6) is 0 Å². The molecule has 0 heterocycles. The molecule has 0 saturated heterocycles. The number of nitrogens with two attached hydrogens (primary N) is 1. The van der Waals surface area contributed by atoms with Crippen molar-refractivity contribution in [2.45, 2.75) is 31.2 Å². The Hall–Kier alpha value is -2.04. The number of non-ortho nitro benzene ring substituents is 1. The highest BCUT2D eigenvalue weighted by Gasteiger charge is 2.31. The molecule has 9 nitrogen and oxygen atoms in total. The fourth-order valence-corrected chi connectivity index (χ4v) is 3.18. The number of nitrogens with one attached hydrogen (secondary N) is 1. The molecule has 3 N–H and O–H groups in total. The minimum Gasteiger partial charge on any atom is -0.348 e. The van der Waals surface area contributed by atoms with E-state index in [1.807, 2.05) is 13.8 Å². The number of hydrogen-bond acceptors (Lipinski definition) is 6. The van der Waals surface area contributed by atoms with Gasteiger partial charge in [-0.1, -0.05) is 19.9 Å². The molecule has 0 bridgehead atoms. The predicted octanol–water partition coefficient (Wildman–Crippen LogP) is 0.705. The van der Waals surface area contributed by atoms with Gasteiger partial charge in [-0.2, -0.15) is 4.31 Å². The summed E-state index contributed by atoms with van der Waals surface area (Å²) in [7, 11) is -2.80. The number of carbonyl (C=O) groups excluding carboxylic acids is 1. The van der Waals surface area contributed by atoms with E-state index in [-0.39, 0.29) is 23.0 Å². The van der Waals surface area contributed by atoms with Crippen molar-refractivity contribution >= 4 is 21.6 Å². The van der Waals surface area contributed by atoms with Crippen molar-refractivity contribution in [2.24, 2.45) is 11.7 Å². The Morgan fingerprint density at radius 2 is 2.04 bits per heavy atom. The number of carbonyl (C=O) groups is 1. The standard InChI is InChI=1S/C15H24N4O5S/c1-11(2)15(3,10-16)17-14(20)9-18(4)25(23,24)13-7-5-6-12(8-13)19(21)22/h5-8,11H,9-10,16H2,1-4H3,(H,17,20). The molecule has 0 aliphatic rings. The van der Waals surface area contributed by atoms with Crippen LogP contribution in [-0.2, 0) is 14.8 Å². The lowest BCUT2D eigenvalue weighted by Crippen LogP contribution is -2.56. The second-order valence-electron chi connectivity index (χ2n) is 6.34. The van der Waals surface area contributed by atoms with Crippen LogP contribution in [0.25, 0.3) is 0 Å². The van der Waals surface area contributed by atoms with Gasteiger partial charge in [-0.05, 0) is 18.9 Å². The lowest BCUT2D eigenvalue weighted by atomic mass is 9.88. The molecule has 1 aromatic carbocycles. The lowest BCUT2D eigenvalue weighted by Gasteiger charge is -2.34. The van der Waals surface area contributed by atoms with E-state index in [1.54, 1.807) is 6.92 Å². The van der Waals surface area contributed by atoms with Gasteiger partial charge >= 0.3 is 0 Å². The molecule has 10 heteroatoms. The van der Waals surface area contributed by atoms with Crippen molar-refractivity contribution in [3.05, 3.63) is 34.4 Å². The summed E-state index contributed by atoms with van der Waals surface area (Å²) in [5, 5.41) is 13.6. The highest BCUT2D eigenvalue weighted by Crippen LogP contribution is 2.20. The zero-order chi connectivity index (χ0) is 19.4. The van der Waals surface area contributed by atoms with Crippen LogP contribution in [0.3, 0.4) is 0 Å². The molecule has 0 aliphatic carbocycles. The maximum Gasteiger partial charge on any atom is 0.270 e. The second kappa shape index (κ2) is 7.89. The van der Waals surface area contributed by atoms with Crippen LogP contribution in [0.15, 0.2) is 29.2 Å². The number of nitro benzene ring substituents is 1. The number of sulfonamides is 1. The summed E-state index contributed by atoms with van der Waals surface area (Å²) in [4.78, 5) is 22.1. The highest BCUT2D eigenvalue weighted by atomic mass is 32.2. The highest BCUT2D eigenvalue weighted by molar-refractivity contribution is 7.89. The fraction of sp³-hybridized carbons (Fsp3) is 0.533. The van der Waals surface area contributed by atoms with Gasteiger partial charge in [0, 0.05) is 25.7 Å². The van der Waals surface area contributed by atoms with Crippen molar-refractivity contribution < 1.29 is 18.1 Å². The lowest BCUT2D eigenvalue weighted by molar-refractivity contribution is -0.385. The molecular weight excluding hydrogens is 348 g/mol. The van der Waals surface area contributed by atoms with Crippen LogP contribution >= 0.6 is 0 Å². The molecule has 1 unspecified atom stereocenters. The molecule has 0 spiro atoms. The first kappa shape index (κ1) is 21.0. The Balaban J connectivity index is 2.95. The van der Waals surface area contributed by atoms with Crippen molar-refractivity contribution in [2.75, 3.05) is 20.1 Å². The van der Waals surface area contributed by atoms with Gasteiger partial charge in [0.15, 0.2) is 0 Å². The van der Waals surface area contributed by atoms with E-state index in [1.165, 1.54) is 25.2 Å². The van der Waals surface area contributed by atoms with Crippen molar-refractivity contribution in [3.63, 3.8) is 0 Å². The summed E-state index contributed by atoms with van der Waals surface area (Å²) in [6.45, 7) is 5.36. The van der Waals surface area contributed by atoms with E-state index in [0.717, 1.165) is 10.4 Å². The van der Waals surface area contributed by atoms with E-state index >= 15 is 0 Å². The second-order valence-corrected chi connectivity index (χ2v) is 8.38. The van der Waals surface area contributed by atoms with E-state index in [0.29, 0.717) is 0 Å². The number of hydrogen-bond donors (Lipinski definition) is 2. The fourth-order valence-electron chi connectivity index (χ4n) is 2.01. The van der Waals surface area contributed by atoms with Crippen LogP contribution in [0.4, 0.5) is 5.69 Å². The quantitative estimate of drug-likeness (QED) is 0.509. The normalized spacial score (nSPS) is 14.4. The zero-order valence-electron chi connectivity index (χ0n) is 14.7. The van der Waals surface area contributed by atoms with Gasteiger partial charge in [0.05, 0.1) is 21.9 Å². The molecule has 0 aliphatic heterocycles. The Labute approximate surface area is 147 Å². The topological polar surface area (TPSA) is 136 Å². The summed E-state index contributed by atoms with van der Waals surface area (Å²) in [6.07, 6.45) is 0. The molecule has 0 aromatic heterocycles. The summed E-state index contributed by atoms with van der Waals surface area (Å²) in [5.74, 6) is -0.446. The number of likely N-dealkylation sites (N-methyl/N-ethyl adjacent to an activating group) is 1. The van der Waals surface area contributed by atoms with E-state index in [9.17, 15) is 23.3 Å². The average Bonchev–Trinajstić information content (AvgIpc) is 2.54. The van der Waals surface area contributed by atoms with Crippen molar-refractivity contribution in [1.29, 1.82) is 0 Å². The monoisotopic (exact) mass is 372 g/mol. The van der Waals surface area contributed by atoms with E-state index < -0.39 is 32.9 Å². The van der Waals surface area contributed by atoms with Crippen LogP contribution in [0, 0.1) is 16.0 Å². The molecule has 1 aromatic rings. The molecule has 0 radical (unpaired) electrons. The van der Waals surface area contributed by atoms with Gasteiger partial charge in [-0.25, -0.2) is 8.42 Å². The van der Waals surface area contributed by atoms with Crippen LogP contribution in [0.2, 0.25) is 0 Å². The number of nitro groups is 1. The van der Waals surface area contributed by atoms with Gasteiger partial charge in [-0.15, -0.1) is 0 Å². The van der Waals surface area contributed by atoms with Crippen LogP contribution in [0.1, 0.15) is 20.8 Å². The summed E-state index contributed by atoms with van der Waals surface area (Å²) in [6, 6.07) is 4.68. The first-order valence-corrected chi connectivity index (χ1v) is 9.10. The zero-order valence-corrected chi connectivity index (χ0v) is 15.5. The summed E-state index contributed by atoms with van der Waals surface area (Å²) >= 11 is 0. The molecule has 0 saturated carbocycles. The molecule has 1 amide bonds. The van der Waals surface area contributed by atoms with Crippen molar-refractivity contribution in [1.82, 2.24) is 9.62 Å². The van der Waals surface area contributed by atoms with Crippen LogP contribution in [-0.4, -0.2) is 49.2 Å². The Morgan fingerprint density at radius 1 is 1.44 bits per heavy atom. The number of benzene rings is 1. The number of amides is 1. The molecule has 1 rings (SSSR count). The minimum absolute atomic E-state index is 0.0557. The van der Waals surface area contributed by atoms with Gasteiger partial charge < -0.3 is 11.1 Å². The Kier molecular flexibility index (Phi) is 6.63. The third-order valence-electron chi connectivity index (χ3n) is 4.23. The SMILES string of the molecule is CC(C)C(C)(CN)NC(=O)CN(C)S(=O)(=O)c1cccc([N+](=O)[O-])c1. The van der Waals surface area contributed by atoms with Gasteiger partial charge in [0.1, 0.15) is 0 Å². The Bertz CT molecular complexity index is 750. The van der Waals surface area contributed by atoms with Gasteiger partial charge in [-0.3, -0.25) is 14.9 Å². The maximum atomic E-state index is 12.5. The van der Waals surface area contributed by atoms with Gasteiger partial charge in [0.2, 0.25) is 15.9 Å². The van der Waals surface area contributed by atoms with Crippen molar-refractivity contribution in [3.8, 4) is 0 Å². The summed E-state index contributed by atoms with van der Waals surface area (Å²) in [5.41, 5.74) is 4.70. The molecule has 0 fully saturated rings. The third-order valence-corrected chi connectivity index (χ3v) is 6.03. The molecule has 1 atom stereocenters. The molecule has 140 valence electrons. The largest absolute Gasteiger partial charge is 0.348 e. The smallest absolute Gasteiger partial charge is 0.270 e. The number of nitrogens with zero attached hydrogens (tertiary/aromatic N) is 2. The third kappa shape index (κ3) is 4.97.